The summed E-state index contributed by atoms with van der Waals surface area (Å²) in [5.41, 5.74) is 1.77. The average Bonchev–Trinajstić information content (AvgIpc) is 2.87. The monoisotopic (exact) mass is 294 g/mol. The number of hydrogen-bond donors (Lipinski definition) is 1. The van der Waals surface area contributed by atoms with Crippen molar-refractivity contribution >= 4 is 11.3 Å². The van der Waals surface area contributed by atoms with Crippen molar-refractivity contribution in [2.24, 2.45) is 0 Å². The molecular weight excluding hydrogens is 277 g/mol. The number of ether oxygens (including phenoxy) is 1. The Kier molecular flexibility index (Phi) is 5.18. The fourth-order valence-corrected chi connectivity index (χ4v) is 2.81. The molecule has 1 aromatic heterocycles. The summed E-state index contributed by atoms with van der Waals surface area (Å²) in [5, 5.41) is 3.36. The molecule has 2 atom stereocenters. The molecule has 1 heterocycles. The molecule has 0 aliphatic heterocycles. The van der Waals surface area contributed by atoms with E-state index in [0.717, 1.165) is 30.7 Å². The fraction of sp³-hybridized carbons (Fsp3) is 0.750. The second kappa shape index (κ2) is 6.67. The van der Waals surface area contributed by atoms with Crippen LogP contribution in [0.1, 0.15) is 30.6 Å². The largest absolute Gasteiger partial charge is 0.411 e. The highest BCUT2D eigenvalue weighted by molar-refractivity contribution is 7.09. The summed E-state index contributed by atoms with van der Waals surface area (Å²) in [5.74, 6) is 0. The third kappa shape index (κ3) is 5.46. The summed E-state index contributed by atoms with van der Waals surface area (Å²) in [7, 11) is 0. The van der Waals surface area contributed by atoms with Gasteiger partial charge < -0.3 is 10.1 Å². The highest BCUT2D eigenvalue weighted by Gasteiger charge is 2.31. The van der Waals surface area contributed by atoms with Crippen molar-refractivity contribution in [1.29, 1.82) is 0 Å². The maximum Gasteiger partial charge on any atom is 0.411 e. The number of halogens is 3. The Bertz CT molecular complexity index is 370. The molecule has 1 aliphatic carbocycles. The van der Waals surface area contributed by atoms with Crippen LogP contribution in [0.15, 0.2) is 11.7 Å². The van der Waals surface area contributed by atoms with Crippen LogP contribution in [-0.4, -0.2) is 29.9 Å². The van der Waals surface area contributed by atoms with Gasteiger partial charge in [-0.05, 0) is 25.7 Å². The molecule has 2 unspecified atom stereocenters. The molecule has 108 valence electrons. The standard InChI is InChI=1S/C12H17F3N2OS/c13-12(14,15)7-18-10-3-1-2-9(4-10)17-6-11-5-16-8-19-11/h5,8-10,17H,1-4,6-7H2. The minimum atomic E-state index is -4.23. The van der Waals surface area contributed by atoms with Crippen LogP contribution < -0.4 is 5.32 Å². The maximum absolute atomic E-state index is 12.1. The van der Waals surface area contributed by atoms with Gasteiger partial charge in [0.1, 0.15) is 6.61 Å². The van der Waals surface area contributed by atoms with Crippen LogP contribution in [0.5, 0.6) is 0 Å². The molecule has 1 aromatic rings. The smallest absolute Gasteiger partial charge is 0.369 e. The van der Waals surface area contributed by atoms with Crippen molar-refractivity contribution in [3.05, 3.63) is 16.6 Å². The normalized spacial score (nSPS) is 24.6. The quantitative estimate of drug-likeness (QED) is 0.906. The van der Waals surface area contributed by atoms with E-state index in [1.165, 1.54) is 0 Å². The Morgan fingerprint density at radius 2 is 2.26 bits per heavy atom. The van der Waals surface area contributed by atoms with Gasteiger partial charge in [-0.1, -0.05) is 0 Å². The predicted molar refractivity (Wildman–Crippen MR) is 67.0 cm³/mol. The molecule has 1 aliphatic rings. The first kappa shape index (κ1) is 14.7. The highest BCUT2D eigenvalue weighted by Crippen LogP contribution is 2.24. The van der Waals surface area contributed by atoms with E-state index in [0.29, 0.717) is 6.42 Å². The van der Waals surface area contributed by atoms with Crippen molar-refractivity contribution in [3.63, 3.8) is 0 Å². The molecule has 0 saturated heterocycles. The molecule has 0 amide bonds. The van der Waals surface area contributed by atoms with E-state index in [1.54, 1.807) is 23.0 Å². The number of nitrogens with zero attached hydrogens (tertiary/aromatic N) is 1. The molecule has 3 nitrogen and oxygen atoms in total. The van der Waals surface area contributed by atoms with Crippen molar-refractivity contribution in [3.8, 4) is 0 Å². The van der Waals surface area contributed by atoms with Crippen molar-refractivity contribution < 1.29 is 17.9 Å². The van der Waals surface area contributed by atoms with Crippen LogP contribution in [0.4, 0.5) is 13.2 Å². The number of aromatic nitrogens is 1. The lowest BCUT2D eigenvalue weighted by atomic mass is 9.93. The van der Waals surface area contributed by atoms with Crippen LogP contribution in [0.3, 0.4) is 0 Å². The van der Waals surface area contributed by atoms with Gasteiger partial charge in [0.15, 0.2) is 0 Å². The van der Waals surface area contributed by atoms with Crippen molar-refractivity contribution in [2.75, 3.05) is 6.61 Å². The van der Waals surface area contributed by atoms with E-state index in [4.69, 9.17) is 4.74 Å². The van der Waals surface area contributed by atoms with Crippen molar-refractivity contribution in [2.45, 2.75) is 50.6 Å². The summed E-state index contributed by atoms with van der Waals surface area (Å²) in [6, 6.07) is 0.231. The summed E-state index contributed by atoms with van der Waals surface area (Å²) in [6.45, 7) is -0.416. The molecule has 0 radical (unpaired) electrons. The lowest BCUT2D eigenvalue weighted by Gasteiger charge is -2.30. The third-order valence-electron chi connectivity index (χ3n) is 3.16. The lowest BCUT2D eigenvalue weighted by molar-refractivity contribution is -0.188. The Morgan fingerprint density at radius 3 is 2.95 bits per heavy atom. The molecule has 0 spiro atoms. The predicted octanol–water partition coefficient (Wildman–Crippen LogP) is 3.12. The van der Waals surface area contributed by atoms with Gasteiger partial charge in [0.05, 0.1) is 11.6 Å². The zero-order valence-electron chi connectivity index (χ0n) is 10.4. The maximum atomic E-state index is 12.1. The number of nitrogens with one attached hydrogen (secondary N) is 1. The minimum Gasteiger partial charge on any atom is -0.369 e. The van der Waals surface area contributed by atoms with E-state index in [9.17, 15) is 13.2 Å². The van der Waals surface area contributed by atoms with Gasteiger partial charge in [0.25, 0.3) is 0 Å². The van der Waals surface area contributed by atoms with Gasteiger partial charge in [-0.3, -0.25) is 4.98 Å². The first-order valence-electron chi connectivity index (χ1n) is 6.32. The van der Waals surface area contributed by atoms with Crippen LogP contribution in [-0.2, 0) is 11.3 Å². The van der Waals surface area contributed by atoms with Gasteiger partial charge in [0, 0.05) is 23.7 Å². The zero-order chi connectivity index (χ0) is 13.7. The van der Waals surface area contributed by atoms with E-state index >= 15 is 0 Å². The highest BCUT2D eigenvalue weighted by atomic mass is 32.1. The summed E-state index contributed by atoms with van der Waals surface area (Å²) >= 11 is 1.57. The Labute approximate surface area is 114 Å². The number of alkyl halides is 3. The van der Waals surface area contributed by atoms with E-state index in [-0.39, 0.29) is 12.1 Å². The molecule has 1 fully saturated rings. The van der Waals surface area contributed by atoms with Crippen LogP contribution >= 0.6 is 11.3 Å². The third-order valence-corrected chi connectivity index (χ3v) is 3.94. The second-order valence-corrected chi connectivity index (χ2v) is 5.73. The molecule has 1 N–H and O–H groups in total. The minimum absolute atomic E-state index is 0.231. The molecule has 19 heavy (non-hydrogen) atoms. The van der Waals surface area contributed by atoms with E-state index in [2.05, 4.69) is 10.3 Å². The van der Waals surface area contributed by atoms with Gasteiger partial charge in [-0.2, -0.15) is 13.2 Å². The molecule has 1 saturated carbocycles. The average molecular weight is 294 g/mol. The Morgan fingerprint density at radius 1 is 1.42 bits per heavy atom. The molecule has 0 bridgehead atoms. The molecule has 7 heteroatoms. The SMILES string of the molecule is FC(F)(F)COC1CCCC(NCc2cncs2)C1. The van der Waals surface area contributed by atoms with Crippen LogP contribution in [0.25, 0.3) is 0 Å². The lowest BCUT2D eigenvalue weighted by Crippen LogP contribution is -2.37. The van der Waals surface area contributed by atoms with E-state index < -0.39 is 12.8 Å². The van der Waals surface area contributed by atoms with Crippen molar-refractivity contribution in [1.82, 2.24) is 10.3 Å². The molecule has 0 aromatic carbocycles. The molecule has 2 rings (SSSR count). The van der Waals surface area contributed by atoms with Crippen LogP contribution in [0.2, 0.25) is 0 Å². The first-order chi connectivity index (χ1) is 9.03. The summed E-state index contributed by atoms with van der Waals surface area (Å²) in [6.07, 6.45) is 0.549. The summed E-state index contributed by atoms with van der Waals surface area (Å²) < 4.78 is 41.2. The fourth-order valence-electron chi connectivity index (χ4n) is 2.27. The molecular formula is C12H17F3N2OS. The van der Waals surface area contributed by atoms with Crippen LogP contribution in [0, 0.1) is 0 Å². The number of rotatable bonds is 5. The van der Waals surface area contributed by atoms with E-state index in [1.807, 2.05) is 0 Å². The Balaban J connectivity index is 1.71. The first-order valence-corrected chi connectivity index (χ1v) is 7.20. The Hall–Kier alpha value is -0.660. The van der Waals surface area contributed by atoms with Gasteiger partial charge in [-0.15, -0.1) is 11.3 Å². The number of hydrogen-bond acceptors (Lipinski definition) is 4. The second-order valence-electron chi connectivity index (χ2n) is 4.76. The topological polar surface area (TPSA) is 34.1 Å². The number of thiazole rings is 1. The van der Waals surface area contributed by atoms with Gasteiger partial charge in [-0.25, -0.2) is 0 Å². The van der Waals surface area contributed by atoms with Gasteiger partial charge in [0.2, 0.25) is 0 Å². The zero-order valence-corrected chi connectivity index (χ0v) is 11.3. The van der Waals surface area contributed by atoms with Gasteiger partial charge >= 0.3 is 6.18 Å². The summed E-state index contributed by atoms with van der Waals surface area (Å²) in [4.78, 5) is 5.12.